The van der Waals surface area contributed by atoms with E-state index in [9.17, 15) is 9.59 Å². The first-order chi connectivity index (χ1) is 14.1. The highest BCUT2D eigenvalue weighted by molar-refractivity contribution is 7.10. The molecule has 0 bridgehead atoms. The SMILES string of the molecule is CCOC(=O)C1=C(CN2CCC[C@H]2c2cccs2)NC(=O)N[C@@H]1c1ccc(C)o1. The van der Waals surface area contributed by atoms with Crippen LogP contribution in [0.15, 0.2) is 45.3 Å². The molecule has 2 aromatic rings. The van der Waals surface area contributed by atoms with Crippen molar-refractivity contribution in [1.82, 2.24) is 15.5 Å². The summed E-state index contributed by atoms with van der Waals surface area (Å²) in [7, 11) is 0. The maximum atomic E-state index is 12.9. The lowest BCUT2D eigenvalue weighted by atomic mass is 9.99. The standard InChI is InChI=1S/C21H25N3O4S/c1-3-27-20(25)18-14(12-24-10-4-6-15(24)17-7-5-11-29-17)22-21(26)23-19(18)16-9-8-13(2)28-16/h5,7-9,11,15,19H,3-4,6,10,12H2,1-2H3,(H2,22,23,26)/t15-,19+/m0/s1. The van der Waals surface area contributed by atoms with Crippen molar-refractivity contribution in [2.24, 2.45) is 0 Å². The van der Waals surface area contributed by atoms with Crippen LogP contribution in [-0.2, 0) is 9.53 Å². The molecule has 2 N–H and O–H groups in total. The molecule has 29 heavy (non-hydrogen) atoms. The van der Waals surface area contributed by atoms with Crippen molar-refractivity contribution < 1.29 is 18.7 Å². The molecule has 0 aromatic carbocycles. The zero-order chi connectivity index (χ0) is 20.4. The summed E-state index contributed by atoms with van der Waals surface area (Å²) in [5, 5.41) is 7.74. The smallest absolute Gasteiger partial charge is 0.338 e. The van der Waals surface area contributed by atoms with Crippen molar-refractivity contribution in [3.05, 3.63) is 57.3 Å². The number of likely N-dealkylation sites (tertiary alicyclic amines) is 1. The molecule has 2 aromatic heterocycles. The molecular formula is C21H25N3O4S. The van der Waals surface area contributed by atoms with Crippen LogP contribution in [0.5, 0.6) is 0 Å². The first-order valence-electron chi connectivity index (χ1n) is 9.88. The summed E-state index contributed by atoms with van der Waals surface area (Å²) < 4.78 is 11.1. The lowest BCUT2D eigenvalue weighted by molar-refractivity contribution is -0.139. The van der Waals surface area contributed by atoms with Crippen molar-refractivity contribution in [2.75, 3.05) is 19.7 Å². The molecule has 4 heterocycles. The third-order valence-corrected chi connectivity index (χ3v) is 6.26. The van der Waals surface area contributed by atoms with Crippen LogP contribution in [0.2, 0.25) is 0 Å². The summed E-state index contributed by atoms with van der Waals surface area (Å²) in [5.74, 6) is 0.796. The molecule has 0 radical (unpaired) electrons. The number of nitrogens with zero attached hydrogens (tertiary/aromatic N) is 1. The second kappa shape index (κ2) is 8.42. The summed E-state index contributed by atoms with van der Waals surface area (Å²) in [6, 6.07) is 7.08. The lowest BCUT2D eigenvalue weighted by Gasteiger charge is -2.31. The average Bonchev–Trinajstić information content (AvgIpc) is 3.42. The highest BCUT2D eigenvalue weighted by atomic mass is 32.1. The summed E-state index contributed by atoms with van der Waals surface area (Å²) in [4.78, 5) is 28.9. The molecule has 7 nitrogen and oxygen atoms in total. The number of carbonyl (C=O) groups is 2. The molecule has 2 aliphatic rings. The summed E-state index contributed by atoms with van der Waals surface area (Å²) >= 11 is 1.74. The van der Waals surface area contributed by atoms with Gasteiger partial charge in [-0.3, -0.25) is 4.90 Å². The third-order valence-electron chi connectivity index (χ3n) is 5.29. The minimum Gasteiger partial charge on any atom is -0.464 e. The van der Waals surface area contributed by atoms with E-state index in [2.05, 4.69) is 33.0 Å². The van der Waals surface area contributed by atoms with Gasteiger partial charge in [-0.15, -0.1) is 11.3 Å². The van der Waals surface area contributed by atoms with E-state index in [1.165, 1.54) is 4.88 Å². The van der Waals surface area contributed by atoms with E-state index in [0.29, 0.717) is 29.6 Å². The number of amides is 2. The van der Waals surface area contributed by atoms with Gasteiger partial charge >= 0.3 is 12.0 Å². The number of hydrogen-bond acceptors (Lipinski definition) is 6. The van der Waals surface area contributed by atoms with Crippen LogP contribution in [0, 0.1) is 6.92 Å². The number of carbonyl (C=O) groups excluding carboxylic acids is 2. The van der Waals surface area contributed by atoms with Crippen LogP contribution in [0.25, 0.3) is 0 Å². The predicted octanol–water partition coefficient (Wildman–Crippen LogP) is 3.66. The molecule has 2 atom stereocenters. The summed E-state index contributed by atoms with van der Waals surface area (Å²) in [6.45, 7) is 5.24. The predicted molar refractivity (Wildman–Crippen MR) is 109 cm³/mol. The van der Waals surface area contributed by atoms with E-state index in [4.69, 9.17) is 9.15 Å². The molecule has 154 valence electrons. The number of ether oxygens (including phenoxy) is 1. The van der Waals surface area contributed by atoms with Gasteiger partial charge in [0.25, 0.3) is 0 Å². The number of nitrogens with one attached hydrogen (secondary N) is 2. The number of urea groups is 1. The largest absolute Gasteiger partial charge is 0.464 e. The summed E-state index contributed by atoms with van der Waals surface area (Å²) in [5.41, 5.74) is 0.979. The zero-order valence-corrected chi connectivity index (χ0v) is 17.4. The third kappa shape index (κ3) is 4.09. The van der Waals surface area contributed by atoms with E-state index in [1.807, 2.05) is 13.0 Å². The van der Waals surface area contributed by atoms with E-state index in [0.717, 1.165) is 25.1 Å². The van der Waals surface area contributed by atoms with Gasteiger partial charge in [0, 0.05) is 23.2 Å². The highest BCUT2D eigenvalue weighted by Gasteiger charge is 2.37. The van der Waals surface area contributed by atoms with Crippen LogP contribution >= 0.6 is 11.3 Å². The van der Waals surface area contributed by atoms with Crippen LogP contribution in [0.3, 0.4) is 0 Å². The van der Waals surface area contributed by atoms with E-state index >= 15 is 0 Å². The van der Waals surface area contributed by atoms with Gasteiger partial charge in [0.1, 0.15) is 17.6 Å². The highest BCUT2D eigenvalue weighted by Crippen LogP contribution is 2.36. The number of hydrogen-bond donors (Lipinski definition) is 2. The Morgan fingerprint density at radius 1 is 1.38 bits per heavy atom. The van der Waals surface area contributed by atoms with Crippen LogP contribution in [0.4, 0.5) is 4.79 Å². The molecule has 8 heteroatoms. The number of thiophene rings is 1. The monoisotopic (exact) mass is 415 g/mol. The Morgan fingerprint density at radius 3 is 2.93 bits per heavy atom. The number of furan rings is 1. The molecular weight excluding hydrogens is 390 g/mol. The van der Waals surface area contributed by atoms with Gasteiger partial charge in [-0.05, 0) is 56.8 Å². The second-order valence-electron chi connectivity index (χ2n) is 7.24. The van der Waals surface area contributed by atoms with Crippen LogP contribution in [0.1, 0.15) is 48.2 Å². The first kappa shape index (κ1) is 19.7. The molecule has 0 saturated carbocycles. The zero-order valence-electron chi connectivity index (χ0n) is 16.6. The molecule has 2 aliphatic heterocycles. The molecule has 0 spiro atoms. The Hall–Kier alpha value is -2.58. The fourth-order valence-electron chi connectivity index (χ4n) is 4.04. The van der Waals surface area contributed by atoms with Gasteiger partial charge in [0.2, 0.25) is 0 Å². The van der Waals surface area contributed by atoms with E-state index in [-0.39, 0.29) is 12.6 Å². The topological polar surface area (TPSA) is 83.8 Å². The van der Waals surface area contributed by atoms with Gasteiger partial charge in [-0.2, -0.15) is 0 Å². The van der Waals surface area contributed by atoms with E-state index in [1.54, 1.807) is 24.3 Å². The minimum absolute atomic E-state index is 0.259. The average molecular weight is 416 g/mol. The summed E-state index contributed by atoms with van der Waals surface area (Å²) in [6.07, 6.45) is 2.15. The maximum Gasteiger partial charge on any atom is 0.338 e. The van der Waals surface area contributed by atoms with Crippen LogP contribution < -0.4 is 10.6 Å². The molecule has 1 fully saturated rings. The molecule has 0 unspecified atom stereocenters. The van der Waals surface area contributed by atoms with E-state index < -0.39 is 12.0 Å². The van der Waals surface area contributed by atoms with Gasteiger partial charge in [0.15, 0.2) is 0 Å². The molecule has 4 rings (SSSR count). The Balaban J connectivity index is 1.69. The Morgan fingerprint density at radius 2 is 2.24 bits per heavy atom. The lowest BCUT2D eigenvalue weighted by Crippen LogP contribution is -2.48. The van der Waals surface area contributed by atoms with Crippen molar-refractivity contribution in [1.29, 1.82) is 0 Å². The second-order valence-corrected chi connectivity index (χ2v) is 8.22. The van der Waals surface area contributed by atoms with Crippen molar-refractivity contribution in [2.45, 2.75) is 38.8 Å². The van der Waals surface area contributed by atoms with Crippen LogP contribution in [-0.4, -0.2) is 36.6 Å². The van der Waals surface area contributed by atoms with Gasteiger partial charge in [-0.25, -0.2) is 9.59 Å². The van der Waals surface area contributed by atoms with Crippen molar-refractivity contribution in [3.63, 3.8) is 0 Å². The first-order valence-corrected chi connectivity index (χ1v) is 10.8. The number of rotatable bonds is 6. The van der Waals surface area contributed by atoms with Crippen molar-refractivity contribution in [3.8, 4) is 0 Å². The Bertz CT molecular complexity index is 918. The number of aryl methyl sites for hydroxylation is 1. The molecule has 1 saturated heterocycles. The maximum absolute atomic E-state index is 12.9. The van der Waals surface area contributed by atoms with Crippen molar-refractivity contribution >= 4 is 23.3 Å². The molecule has 2 amide bonds. The fraction of sp³-hybridized carbons (Fsp3) is 0.429. The number of esters is 1. The van der Waals surface area contributed by atoms with Gasteiger partial charge < -0.3 is 19.8 Å². The Labute approximate surface area is 173 Å². The minimum atomic E-state index is -0.672. The van der Waals surface area contributed by atoms with Gasteiger partial charge in [-0.1, -0.05) is 6.07 Å². The fourth-order valence-corrected chi connectivity index (χ4v) is 4.93. The normalized spacial score (nSPS) is 22.5. The van der Waals surface area contributed by atoms with Gasteiger partial charge in [0.05, 0.1) is 12.2 Å². The quantitative estimate of drug-likeness (QED) is 0.704. The Kier molecular flexibility index (Phi) is 5.73. The molecule has 0 aliphatic carbocycles.